The Morgan fingerprint density at radius 1 is 1.09 bits per heavy atom. The van der Waals surface area contributed by atoms with E-state index >= 15 is 0 Å². The molecule has 0 unspecified atom stereocenters. The SMILES string of the molecule is CC(C)Oc1cc2c(cc1Nc1ncc(Cl)c(Nc3ccccc3S(=O)(=O)C(C)C)n1)C(=O)N(C1CCN(C(N)=O)CC1)C2. The Balaban J connectivity index is 1.42. The van der Waals surface area contributed by atoms with Crippen LogP contribution in [0.5, 0.6) is 5.75 Å². The number of nitrogens with zero attached hydrogens (tertiary/aromatic N) is 4. The maximum absolute atomic E-state index is 13.6. The molecule has 0 bridgehead atoms. The minimum absolute atomic E-state index is 0.00741. The highest BCUT2D eigenvalue weighted by Crippen LogP contribution is 2.38. The van der Waals surface area contributed by atoms with Gasteiger partial charge in [0.1, 0.15) is 10.8 Å². The molecule has 5 rings (SSSR count). The van der Waals surface area contributed by atoms with Crippen molar-refractivity contribution in [3.8, 4) is 5.75 Å². The van der Waals surface area contributed by atoms with Gasteiger partial charge in [-0.3, -0.25) is 4.79 Å². The number of carbonyl (C=O) groups excluding carboxylic acids is 2. The van der Waals surface area contributed by atoms with E-state index in [9.17, 15) is 18.0 Å². The molecule has 3 aromatic rings. The predicted octanol–water partition coefficient (Wildman–Crippen LogP) is 5.09. The van der Waals surface area contributed by atoms with E-state index in [-0.39, 0.29) is 39.7 Å². The van der Waals surface area contributed by atoms with Gasteiger partial charge in [0.25, 0.3) is 5.91 Å². The molecule has 0 atom stereocenters. The summed E-state index contributed by atoms with van der Waals surface area (Å²) in [4.78, 5) is 37.5. The van der Waals surface area contributed by atoms with E-state index in [0.29, 0.717) is 55.2 Å². The van der Waals surface area contributed by atoms with Crippen molar-refractivity contribution in [2.24, 2.45) is 5.73 Å². The van der Waals surface area contributed by atoms with Gasteiger partial charge in [0.05, 0.1) is 33.8 Å². The van der Waals surface area contributed by atoms with Crippen LogP contribution < -0.4 is 21.1 Å². The number of halogens is 1. The molecule has 3 amide bonds. The Hall–Kier alpha value is -4.10. The lowest BCUT2D eigenvalue weighted by Gasteiger charge is -2.35. The van der Waals surface area contributed by atoms with Crippen molar-refractivity contribution in [3.05, 3.63) is 58.7 Å². The van der Waals surface area contributed by atoms with Crippen molar-refractivity contribution < 1.29 is 22.7 Å². The smallest absolute Gasteiger partial charge is 0.314 e. The van der Waals surface area contributed by atoms with Crippen LogP contribution in [-0.2, 0) is 16.4 Å². The molecule has 14 heteroatoms. The molecular weight excluding hydrogens is 606 g/mol. The molecule has 4 N–H and O–H groups in total. The number of piperidine rings is 1. The van der Waals surface area contributed by atoms with Gasteiger partial charge in [0.15, 0.2) is 15.7 Å². The number of para-hydroxylation sites is 1. The van der Waals surface area contributed by atoms with Gasteiger partial charge in [-0.05, 0) is 70.4 Å². The number of carbonyl (C=O) groups is 2. The molecule has 1 saturated heterocycles. The highest BCUT2D eigenvalue weighted by atomic mass is 35.5. The summed E-state index contributed by atoms with van der Waals surface area (Å²) in [5.74, 6) is 0.792. The van der Waals surface area contributed by atoms with Crippen LogP contribution in [0, 0.1) is 0 Å². The Bertz CT molecular complexity index is 1690. The number of likely N-dealkylation sites (tertiary alicyclic amines) is 1. The van der Waals surface area contributed by atoms with Crippen molar-refractivity contribution >= 4 is 56.5 Å². The number of hydrogen-bond donors (Lipinski definition) is 3. The van der Waals surface area contributed by atoms with Crippen molar-refractivity contribution in [1.82, 2.24) is 19.8 Å². The van der Waals surface area contributed by atoms with Gasteiger partial charge in [-0.25, -0.2) is 18.2 Å². The highest BCUT2D eigenvalue weighted by molar-refractivity contribution is 7.92. The second-order valence-corrected chi connectivity index (χ2v) is 14.3. The van der Waals surface area contributed by atoms with Gasteiger partial charge >= 0.3 is 6.03 Å². The summed E-state index contributed by atoms with van der Waals surface area (Å²) in [6.07, 6.45) is 2.56. The molecule has 0 radical (unpaired) electrons. The summed E-state index contributed by atoms with van der Waals surface area (Å²) >= 11 is 6.42. The van der Waals surface area contributed by atoms with E-state index in [2.05, 4.69) is 20.6 Å². The van der Waals surface area contributed by atoms with E-state index in [4.69, 9.17) is 22.1 Å². The molecule has 44 heavy (non-hydrogen) atoms. The minimum Gasteiger partial charge on any atom is -0.489 e. The van der Waals surface area contributed by atoms with Gasteiger partial charge in [-0.2, -0.15) is 4.98 Å². The Kier molecular flexibility index (Phi) is 8.89. The first-order chi connectivity index (χ1) is 20.8. The Morgan fingerprint density at radius 3 is 2.45 bits per heavy atom. The second-order valence-electron chi connectivity index (χ2n) is 11.4. The number of aromatic nitrogens is 2. The fourth-order valence-electron chi connectivity index (χ4n) is 5.34. The molecule has 0 aliphatic carbocycles. The van der Waals surface area contributed by atoms with E-state index in [1.807, 2.05) is 24.8 Å². The number of ether oxygens (including phenoxy) is 1. The number of hydrogen-bond acceptors (Lipinski definition) is 9. The van der Waals surface area contributed by atoms with E-state index in [1.165, 1.54) is 12.3 Å². The Labute approximate surface area is 261 Å². The quantitative estimate of drug-likeness (QED) is 0.289. The van der Waals surface area contributed by atoms with Crippen molar-refractivity contribution in [2.45, 2.75) is 69.4 Å². The van der Waals surface area contributed by atoms with Crippen LogP contribution in [0.4, 0.5) is 27.9 Å². The zero-order chi connectivity index (χ0) is 31.8. The molecule has 3 heterocycles. The first-order valence-corrected chi connectivity index (χ1v) is 16.4. The molecule has 0 spiro atoms. The highest BCUT2D eigenvalue weighted by Gasteiger charge is 2.36. The molecule has 0 saturated carbocycles. The third kappa shape index (κ3) is 6.39. The van der Waals surface area contributed by atoms with E-state index < -0.39 is 21.1 Å². The molecule has 12 nitrogen and oxygen atoms in total. The third-order valence-electron chi connectivity index (χ3n) is 7.67. The number of urea groups is 1. The average molecular weight is 642 g/mol. The largest absolute Gasteiger partial charge is 0.489 e. The van der Waals surface area contributed by atoms with Crippen molar-refractivity contribution in [3.63, 3.8) is 0 Å². The number of nitrogens with two attached hydrogens (primary N) is 1. The van der Waals surface area contributed by atoms with Gasteiger partial charge in [-0.1, -0.05) is 23.7 Å². The summed E-state index contributed by atoms with van der Waals surface area (Å²) < 4.78 is 32.0. The molecule has 1 aromatic heterocycles. The van der Waals surface area contributed by atoms with Crippen LogP contribution in [0.15, 0.2) is 47.5 Å². The third-order valence-corrected chi connectivity index (χ3v) is 10.2. The lowest BCUT2D eigenvalue weighted by Crippen LogP contribution is -2.48. The van der Waals surface area contributed by atoms with Crippen LogP contribution >= 0.6 is 11.6 Å². The van der Waals surface area contributed by atoms with Gasteiger partial charge in [0, 0.05) is 31.2 Å². The topological polar surface area (TPSA) is 160 Å². The predicted molar refractivity (Wildman–Crippen MR) is 169 cm³/mol. The zero-order valence-electron chi connectivity index (χ0n) is 25.0. The van der Waals surface area contributed by atoms with Crippen molar-refractivity contribution in [2.75, 3.05) is 23.7 Å². The van der Waals surface area contributed by atoms with Crippen LogP contribution in [-0.4, -0.2) is 70.6 Å². The van der Waals surface area contributed by atoms with Crippen molar-refractivity contribution in [1.29, 1.82) is 0 Å². The number of rotatable bonds is 9. The summed E-state index contributed by atoms with van der Waals surface area (Å²) in [5.41, 5.74) is 7.64. The van der Waals surface area contributed by atoms with Gasteiger partial charge < -0.3 is 30.9 Å². The average Bonchev–Trinajstić information content (AvgIpc) is 3.29. The number of anilines is 4. The van der Waals surface area contributed by atoms with E-state index in [0.717, 1.165) is 5.56 Å². The Morgan fingerprint density at radius 2 is 1.80 bits per heavy atom. The number of fused-ring (bicyclic) bond motifs is 1. The monoisotopic (exact) mass is 641 g/mol. The van der Waals surface area contributed by atoms with Crippen LogP contribution in [0.3, 0.4) is 0 Å². The summed E-state index contributed by atoms with van der Waals surface area (Å²) in [5, 5.41) is 5.78. The van der Waals surface area contributed by atoms with Gasteiger partial charge in [0.2, 0.25) is 5.95 Å². The van der Waals surface area contributed by atoms with Gasteiger partial charge in [-0.15, -0.1) is 0 Å². The first kappa shape index (κ1) is 31.3. The van der Waals surface area contributed by atoms with Crippen LogP contribution in [0.1, 0.15) is 56.5 Å². The second kappa shape index (κ2) is 12.5. The fourth-order valence-corrected chi connectivity index (χ4v) is 6.68. The zero-order valence-corrected chi connectivity index (χ0v) is 26.6. The molecule has 234 valence electrons. The molecule has 2 aromatic carbocycles. The summed E-state index contributed by atoms with van der Waals surface area (Å²) in [6, 6.07) is 9.70. The number of primary amides is 1. The maximum atomic E-state index is 13.6. The number of sulfone groups is 1. The van der Waals surface area contributed by atoms with Crippen LogP contribution in [0.25, 0.3) is 0 Å². The number of benzene rings is 2. The minimum atomic E-state index is -3.59. The molecule has 2 aliphatic rings. The maximum Gasteiger partial charge on any atom is 0.314 e. The first-order valence-electron chi connectivity index (χ1n) is 14.4. The van der Waals surface area contributed by atoms with E-state index in [1.54, 1.807) is 43.0 Å². The molecule has 1 fully saturated rings. The standard InChI is InChI=1S/C30H36ClN7O5S/c1-17(2)43-25-13-19-16-38(20-9-11-37(12-10-20)29(32)40)28(39)21(19)14-24(25)35-30-33-15-22(31)27(36-30)34-23-7-5-6-8-26(23)44(41,42)18(3)4/h5-8,13-15,17-18,20H,9-12,16H2,1-4H3,(H2,32,40)(H2,33,34,35,36). The normalized spacial score (nSPS) is 15.6. The molecular formula is C30H36ClN7O5S. The fraction of sp³-hybridized carbons (Fsp3) is 0.400. The van der Waals surface area contributed by atoms with Crippen LogP contribution in [0.2, 0.25) is 5.02 Å². The molecule has 2 aliphatic heterocycles. The summed E-state index contributed by atoms with van der Waals surface area (Å²) in [6.45, 7) is 8.51. The number of amides is 3. The lowest BCUT2D eigenvalue weighted by atomic mass is 10.0. The number of nitrogens with one attached hydrogen (secondary N) is 2. The lowest BCUT2D eigenvalue weighted by molar-refractivity contribution is 0.0625. The summed E-state index contributed by atoms with van der Waals surface area (Å²) in [7, 11) is -3.59.